The summed E-state index contributed by atoms with van der Waals surface area (Å²) in [6.45, 7) is 10.1. The van der Waals surface area contributed by atoms with Crippen LogP contribution in [0.2, 0.25) is 19.6 Å². The average molecular weight is 302 g/mol. The Hall–Kier alpha value is -0.363. The molecular weight excluding hydrogens is 272 g/mol. The second-order valence-electron chi connectivity index (χ2n) is 6.21. The summed E-state index contributed by atoms with van der Waals surface area (Å²) in [5.41, 5.74) is 0. The van der Waals surface area contributed by atoms with E-state index in [0.717, 1.165) is 19.4 Å². The highest BCUT2D eigenvalue weighted by Crippen LogP contribution is 2.26. The minimum absolute atomic E-state index is 0.628. The van der Waals surface area contributed by atoms with E-state index in [1.807, 2.05) is 0 Å². The number of ether oxygens (including phenoxy) is 3. The summed E-state index contributed by atoms with van der Waals surface area (Å²) in [4.78, 5) is 0. The lowest BCUT2D eigenvalue weighted by Gasteiger charge is -2.27. The zero-order chi connectivity index (χ0) is 14.8. The number of hydrogen-bond acceptors (Lipinski definition) is 4. The van der Waals surface area contributed by atoms with Gasteiger partial charge in [0.05, 0.1) is 32.2 Å². The molecule has 20 heavy (non-hydrogen) atoms. The second kappa shape index (κ2) is 9.55. The van der Waals surface area contributed by atoms with Gasteiger partial charge < -0.3 is 18.6 Å². The van der Waals surface area contributed by atoms with E-state index >= 15 is 0 Å². The smallest absolute Gasteiger partial charge is 0.241 e. The molecule has 1 atom stereocenters. The van der Waals surface area contributed by atoms with Gasteiger partial charge in [-0.05, 0) is 44.5 Å². The Morgan fingerprint density at radius 3 is 2.40 bits per heavy atom. The Kier molecular flexibility index (Phi) is 8.45. The fourth-order valence-corrected chi connectivity index (χ4v) is 3.09. The van der Waals surface area contributed by atoms with Crippen LogP contribution in [0.4, 0.5) is 0 Å². The third-order valence-corrected chi connectivity index (χ3v) is 3.95. The molecular formula is C15H30O4Si. The first kappa shape index (κ1) is 17.7. The first-order valence-electron chi connectivity index (χ1n) is 7.54. The van der Waals surface area contributed by atoms with Gasteiger partial charge in [0.25, 0.3) is 0 Å². The van der Waals surface area contributed by atoms with Gasteiger partial charge in [-0.3, -0.25) is 0 Å². The van der Waals surface area contributed by atoms with Crippen LogP contribution >= 0.6 is 0 Å². The standard InChI is InChI=1S/C15H30O4Si/c1-16-9-10-17-11-12-18-13-14-5-7-15(8-6-14)19-20(2,3)4/h7,14H,5-6,8-13H2,1-4H3. The van der Waals surface area contributed by atoms with Crippen molar-refractivity contribution in [3.63, 3.8) is 0 Å². The summed E-state index contributed by atoms with van der Waals surface area (Å²) in [5.74, 6) is 1.83. The van der Waals surface area contributed by atoms with Crippen LogP contribution in [0.5, 0.6) is 0 Å². The van der Waals surface area contributed by atoms with Crippen molar-refractivity contribution >= 4 is 8.32 Å². The van der Waals surface area contributed by atoms with Crippen LogP contribution in [0, 0.1) is 5.92 Å². The quantitative estimate of drug-likeness (QED) is 0.459. The summed E-state index contributed by atoms with van der Waals surface area (Å²) >= 11 is 0. The van der Waals surface area contributed by atoms with Crippen LogP contribution in [0.15, 0.2) is 11.8 Å². The van der Waals surface area contributed by atoms with Gasteiger partial charge in [-0.1, -0.05) is 0 Å². The molecule has 0 amide bonds. The Balaban J connectivity index is 2.04. The second-order valence-corrected chi connectivity index (χ2v) is 10.6. The fraction of sp³-hybridized carbons (Fsp3) is 0.867. The van der Waals surface area contributed by atoms with Crippen molar-refractivity contribution in [2.24, 2.45) is 5.92 Å². The van der Waals surface area contributed by atoms with E-state index in [0.29, 0.717) is 32.3 Å². The van der Waals surface area contributed by atoms with Gasteiger partial charge >= 0.3 is 0 Å². The molecule has 5 heteroatoms. The topological polar surface area (TPSA) is 36.9 Å². The maximum Gasteiger partial charge on any atom is 0.241 e. The molecule has 1 unspecified atom stereocenters. The predicted octanol–water partition coefficient (Wildman–Crippen LogP) is 3.20. The van der Waals surface area contributed by atoms with Crippen LogP contribution in [0.1, 0.15) is 19.3 Å². The fourth-order valence-electron chi connectivity index (χ4n) is 2.11. The van der Waals surface area contributed by atoms with Crippen LogP contribution in [-0.2, 0) is 18.6 Å². The molecule has 1 rings (SSSR count). The summed E-state index contributed by atoms with van der Waals surface area (Å²) in [6, 6.07) is 0. The molecule has 1 aliphatic carbocycles. The molecule has 0 heterocycles. The number of rotatable bonds is 10. The molecule has 0 bridgehead atoms. The van der Waals surface area contributed by atoms with E-state index in [4.69, 9.17) is 18.6 Å². The lowest BCUT2D eigenvalue weighted by atomic mass is 9.94. The largest absolute Gasteiger partial charge is 0.548 e. The summed E-state index contributed by atoms with van der Waals surface area (Å²) in [6.07, 6.45) is 5.55. The Bertz CT molecular complexity index is 286. The summed E-state index contributed by atoms with van der Waals surface area (Å²) in [5, 5.41) is 0. The van der Waals surface area contributed by atoms with Gasteiger partial charge in [-0.15, -0.1) is 0 Å². The maximum absolute atomic E-state index is 6.03. The van der Waals surface area contributed by atoms with E-state index in [2.05, 4.69) is 25.7 Å². The Labute approximate surface area is 124 Å². The van der Waals surface area contributed by atoms with Crippen molar-refractivity contribution in [2.45, 2.75) is 38.9 Å². The summed E-state index contributed by atoms with van der Waals surface area (Å²) < 4.78 is 22.0. The molecule has 0 fully saturated rings. The molecule has 0 aromatic carbocycles. The van der Waals surface area contributed by atoms with Crippen molar-refractivity contribution in [1.29, 1.82) is 0 Å². The first-order chi connectivity index (χ1) is 9.51. The molecule has 0 saturated carbocycles. The van der Waals surface area contributed by atoms with Crippen LogP contribution in [0.25, 0.3) is 0 Å². The zero-order valence-corrected chi connectivity index (χ0v) is 14.4. The van der Waals surface area contributed by atoms with Gasteiger partial charge in [-0.2, -0.15) is 0 Å². The van der Waals surface area contributed by atoms with E-state index in [9.17, 15) is 0 Å². The van der Waals surface area contributed by atoms with Crippen molar-refractivity contribution in [3.8, 4) is 0 Å². The number of hydrogen-bond donors (Lipinski definition) is 0. The molecule has 0 N–H and O–H groups in total. The van der Waals surface area contributed by atoms with Gasteiger partial charge in [-0.25, -0.2) is 0 Å². The number of methoxy groups -OCH3 is 1. The van der Waals surface area contributed by atoms with E-state index < -0.39 is 8.32 Å². The molecule has 118 valence electrons. The van der Waals surface area contributed by atoms with E-state index in [1.165, 1.54) is 12.2 Å². The molecule has 0 saturated heterocycles. The van der Waals surface area contributed by atoms with Crippen LogP contribution in [-0.4, -0.2) is 48.5 Å². The van der Waals surface area contributed by atoms with E-state index in [-0.39, 0.29) is 0 Å². The van der Waals surface area contributed by atoms with Gasteiger partial charge in [0.15, 0.2) is 0 Å². The highest BCUT2D eigenvalue weighted by molar-refractivity contribution is 6.70. The third-order valence-electron chi connectivity index (χ3n) is 3.07. The Morgan fingerprint density at radius 2 is 1.80 bits per heavy atom. The summed E-state index contributed by atoms with van der Waals surface area (Å²) in [7, 11) is 0.237. The normalized spacial score (nSPS) is 19.8. The lowest BCUT2D eigenvalue weighted by Crippen LogP contribution is -2.26. The molecule has 0 radical (unpaired) electrons. The minimum atomic E-state index is -1.44. The highest BCUT2D eigenvalue weighted by Gasteiger charge is 2.21. The van der Waals surface area contributed by atoms with Crippen molar-refractivity contribution in [1.82, 2.24) is 0 Å². The molecule has 0 aliphatic heterocycles. The molecule has 0 aromatic rings. The molecule has 0 spiro atoms. The minimum Gasteiger partial charge on any atom is -0.548 e. The lowest BCUT2D eigenvalue weighted by molar-refractivity contribution is 0.0142. The molecule has 1 aliphatic rings. The number of allylic oxidation sites excluding steroid dienone is 2. The Morgan fingerprint density at radius 1 is 1.10 bits per heavy atom. The average Bonchev–Trinajstić information content (AvgIpc) is 2.38. The van der Waals surface area contributed by atoms with E-state index in [1.54, 1.807) is 7.11 Å². The van der Waals surface area contributed by atoms with Crippen molar-refractivity contribution < 1.29 is 18.6 Å². The molecule has 4 nitrogen and oxygen atoms in total. The third kappa shape index (κ3) is 8.74. The van der Waals surface area contributed by atoms with Crippen molar-refractivity contribution in [3.05, 3.63) is 11.8 Å². The van der Waals surface area contributed by atoms with Crippen LogP contribution < -0.4 is 0 Å². The highest BCUT2D eigenvalue weighted by atomic mass is 28.4. The zero-order valence-electron chi connectivity index (χ0n) is 13.4. The molecule has 0 aromatic heterocycles. The van der Waals surface area contributed by atoms with Gasteiger partial charge in [0, 0.05) is 20.1 Å². The monoisotopic (exact) mass is 302 g/mol. The maximum atomic E-state index is 6.03. The predicted molar refractivity (Wildman–Crippen MR) is 83.4 cm³/mol. The van der Waals surface area contributed by atoms with Gasteiger partial charge in [0.1, 0.15) is 0 Å². The van der Waals surface area contributed by atoms with Gasteiger partial charge in [0.2, 0.25) is 8.32 Å². The van der Waals surface area contributed by atoms with Crippen LogP contribution in [0.3, 0.4) is 0 Å². The first-order valence-corrected chi connectivity index (χ1v) is 10.9. The van der Waals surface area contributed by atoms with Crippen molar-refractivity contribution in [2.75, 3.05) is 40.1 Å². The SMILES string of the molecule is COCCOCCOCC1CC=C(O[Si](C)(C)C)CC1.